The summed E-state index contributed by atoms with van der Waals surface area (Å²) in [6.45, 7) is 1.84. The van der Waals surface area contributed by atoms with Crippen molar-refractivity contribution in [2.24, 2.45) is 0 Å². The molecule has 0 aliphatic heterocycles. The van der Waals surface area contributed by atoms with E-state index in [0.29, 0.717) is 21.8 Å². The molecule has 0 radical (unpaired) electrons. The predicted molar refractivity (Wildman–Crippen MR) is 122 cm³/mol. The Morgan fingerprint density at radius 2 is 1.90 bits per heavy atom. The van der Waals surface area contributed by atoms with Crippen molar-refractivity contribution in [3.63, 3.8) is 0 Å². The Morgan fingerprint density at radius 1 is 1.10 bits per heavy atom. The predicted octanol–water partition coefficient (Wildman–Crippen LogP) is 3.55. The van der Waals surface area contributed by atoms with Crippen LogP contribution in [0.15, 0.2) is 65.5 Å². The molecule has 0 bridgehead atoms. The molecule has 0 aliphatic rings. The van der Waals surface area contributed by atoms with Crippen LogP contribution in [-0.2, 0) is 9.53 Å². The maximum absolute atomic E-state index is 13.2. The zero-order chi connectivity index (χ0) is 21.4. The van der Waals surface area contributed by atoms with Crippen LogP contribution in [0.4, 0.5) is 0 Å². The van der Waals surface area contributed by atoms with Gasteiger partial charge in [0.1, 0.15) is 5.75 Å². The van der Waals surface area contributed by atoms with E-state index in [1.807, 2.05) is 66.7 Å². The molecule has 0 N–H and O–H groups in total. The highest BCUT2D eigenvalue weighted by Gasteiger charge is 2.13. The van der Waals surface area contributed by atoms with Crippen LogP contribution in [0, 0.1) is 0 Å². The van der Waals surface area contributed by atoms with Gasteiger partial charge < -0.3 is 9.47 Å². The van der Waals surface area contributed by atoms with Gasteiger partial charge in [-0.15, -0.1) is 0 Å². The molecule has 2 heterocycles. The van der Waals surface area contributed by atoms with E-state index in [1.165, 1.54) is 11.3 Å². The number of aromatic nitrogens is 2. The van der Waals surface area contributed by atoms with Crippen molar-refractivity contribution in [1.82, 2.24) is 9.38 Å². The van der Waals surface area contributed by atoms with Gasteiger partial charge in [0.25, 0.3) is 5.56 Å². The first-order valence-electron chi connectivity index (χ1n) is 9.87. The quantitative estimate of drug-likeness (QED) is 0.399. The fraction of sp³-hybridized carbons (Fsp3) is 0.125. The molecule has 154 valence electrons. The zero-order valence-corrected chi connectivity index (χ0v) is 17.5. The van der Waals surface area contributed by atoms with Gasteiger partial charge in [-0.05, 0) is 42.0 Å². The van der Waals surface area contributed by atoms with Gasteiger partial charge in [-0.2, -0.15) is 0 Å². The number of benzene rings is 3. The number of imidazole rings is 1. The summed E-state index contributed by atoms with van der Waals surface area (Å²) in [5.41, 5.74) is 2.20. The lowest BCUT2D eigenvalue weighted by molar-refractivity contribution is -0.145. The second kappa shape index (κ2) is 7.85. The first-order valence-corrected chi connectivity index (χ1v) is 10.7. The molecule has 2 aromatic heterocycles. The Bertz CT molecular complexity index is 1550. The minimum absolute atomic E-state index is 0.127. The highest BCUT2D eigenvalue weighted by atomic mass is 32.1. The molecule has 6 nitrogen and oxygen atoms in total. The smallest absolute Gasteiger partial charge is 0.344 e. The highest BCUT2D eigenvalue weighted by molar-refractivity contribution is 7.15. The molecule has 5 aromatic rings. The first kappa shape index (κ1) is 19.3. The molecule has 5 rings (SSSR count). The maximum Gasteiger partial charge on any atom is 0.344 e. The van der Waals surface area contributed by atoms with Crippen LogP contribution >= 0.6 is 11.3 Å². The molecule has 0 saturated carbocycles. The number of thiazole rings is 1. The molecule has 0 fully saturated rings. The third kappa shape index (κ3) is 3.43. The molecule has 0 amide bonds. The lowest BCUT2D eigenvalue weighted by Gasteiger charge is -2.11. The fourth-order valence-electron chi connectivity index (χ4n) is 3.63. The van der Waals surface area contributed by atoms with Gasteiger partial charge in [-0.1, -0.05) is 53.8 Å². The van der Waals surface area contributed by atoms with Crippen LogP contribution < -0.4 is 14.8 Å². The van der Waals surface area contributed by atoms with Crippen LogP contribution in [0.2, 0.25) is 0 Å². The van der Waals surface area contributed by atoms with E-state index in [4.69, 9.17) is 9.47 Å². The van der Waals surface area contributed by atoms with E-state index in [1.54, 1.807) is 11.3 Å². The largest absolute Gasteiger partial charge is 0.481 e. The van der Waals surface area contributed by atoms with E-state index in [0.717, 1.165) is 27.4 Å². The lowest BCUT2D eigenvalue weighted by atomic mass is 10.0. The van der Waals surface area contributed by atoms with E-state index >= 15 is 0 Å². The van der Waals surface area contributed by atoms with Crippen LogP contribution in [0.5, 0.6) is 5.75 Å². The summed E-state index contributed by atoms with van der Waals surface area (Å²) in [7, 11) is 0. The molecule has 7 heteroatoms. The van der Waals surface area contributed by atoms with E-state index < -0.39 is 5.97 Å². The number of hydrogen-bond acceptors (Lipinski definition) is 6. The van der Waals surface area contributed by atoms with Gasteiger partial charge in [0, 0.05) is 5.56 Å². The summed E-state index contributed by atoms with van der Waals surface area (Å²) in [6.07, 6.45) is 1.82. The number of carbonyl (C=O) groups excluding carboxylic acids is 1. The van der Waals surface area contributed by atoms with Crippen molar-refractivity contribution < 1.29 is 14.3 Å². The Labute approximate surface area is 181 Å². The topological polar surface area (TPSA) is 69.9 Å². The van der Waals surface area contributed by atoms with E-state index in [2.05, 4.69) is 4.98 Å². The molecule has 31 heavy (non-hydrogen) atoms. The number of para-hydroxylation sites is 2. The zero-order valence-electron chi connectivity index (χ0n) is 16.7. The van der Waals surface area contributed by atoms with Gasteiger partial charge >= 0.3 is 5.97 Å². The molecule has 3 aromatic carbocycles. The Hall–Kier alpha value is -3.71. The van der Waals surface area contributed by atoms with Crippen molar-refractivity contribution in [1.29, 1.82) is 0 Å². The number of fused-ring (bicyclic) bond motifs is 4. The van der Waals surface area contributed by atoms with Crippen molar-refractivity contribution in [3.8, 4) is 5.75 Å². The van der Waals surface area contributed by atoms with Crippen LogP contribution in [0.25, 0.3) is 32.8 Å². The van der Waals surface area contributed by atoms with Gasteiger partial charge in [0.05, 0.1) is 22.2 Å². The van der Waals surface area contributed by atoms with Gasteiger partial charge in [0.15, 0.2) is 11.6 Å². The van der Waals surface area contributed by atoms with Crippen molar-refractivity contribution >= 4 is 50.1 Å². The molecule has 0 spiro atoms. The number of nitrogens with zero attached hydrogens (tertiary/aromatic N) is 2. The van der Waals surface area contributed by atoms with E-state index in [9.17, 15) is 9.59 Å². The Morgan fingerprint density at radius 3 is 2.77 bits per heavy atom. The third-order valence-corrected chi connectivity index (χ3v) is 5.97. The minimum atomic E-state index is -0.438. The van der Waals surface area contributed by atoms with Crippen molar-refractivity contribution in [3.05, 3.63) is 81.1 Å². The minimum Gasteiger partial charge on any atom is -0.481 e. The summed E-state index contributed by atoms with van der Waals surface area (Å²) in [5, 5.41) is 1.94. The molecule has 0 saturated heterocycles. The van der Waals surface area contributed by atoms with Crippen LogP contribution in [0.3, 0.4) is 0 Å². The van der Waals surface area contributed by atoms with Crippen molar-refractivity contribution in [2.45, 2.75) is 6.92 Å². The number of carbonyl (C=O) groups is 1. The molecule has 0 unspecified atom stereocenters. The van der Waals surface area contributed by atoms with Gasteiger partial charge in [-0.3, -0.25) is 4.79 Å². The Kier molecular flexibility index (Phi) is 4.88. The average molecular weight is 430 g/mol. The SMILES string of the molecule is CCOC(=O)COc1ccc2ccccc2c1/C=c1/sc2nc3ccccc3n2c1=O. The molecule has 0 atom stereocenters. The molecule has 0 aliphatic carbocycles. The number of esters is 1. The standard InChI is InChI=1S/C24H18N2O4S/c1-2-29-22(27)14-30-20-12-11-15-7-3-4-8-16(15)17(20)13-21-23(28)26-19-10-6-5-9-18(19)25-24(26)31-21/h3-13H,2,14H2,1H3/b21-13+. The summed E-state index contributed by atoms with van der Waals surface area (Å²) in [4.78, 5) is 30.2. The van der Waals surface area contributed by atoms with Gasteiger partial charge in [-0.25, -0.2) is 14.2 Å². The average Bonchev–Trinajstić information content (AvgIpc) is 3.29. The third-order valence-electron chi connectivity index (χ3n) is 5.00. The van der Waals surface area contributed by atoms with Crippen LogP contribution in [0.1, 0.15) is 12.5 Å². The summed E-state index contributed by atoms with van der Waals surface area (Å²) >= 11 is 1.33. The highest BCUT2D eigenvalue weighted by Crippen LogP contribution is 2.29. The summed E-state index contributed by atoms with van der Waals surface area (Å²) in [5.74, 6) is 0.0780. The van der Waals surface area contributed by atoms with Crippen LogP contribution in [-0.4, -0.2) is 28.6 Å². The fourth-order valence-corrected chi connectivity index (χ4v) is 4.60. The first-order chi connectivity index (χ1) is 15.2. The monoisotopic (exact) mass is 430 g/mol. The second-order valence-corrected chi connectivity index (χ2v) is 7.94. The molecular formula is C24H18N2O4S. The number of ether oxygens (including phenoxy) is 2. The summed E-state index contributed by atoms with van der Waals surface area (Å²) in [6, 6.07) is 19.2. The second-order valence-electron chi connectivity index (χ2n) is 6.93. The number of hydrogen-bond donors (Lipinski definition) is 0. The Balaban J connectivity index is 1.69. The summed E-state index contributed by atoms with van der Waals surface area (Å²) < 4.78 is 12.9. The maximum atomic E-state index is 13.2. The number of rotatable bonds is 5. The normalized spacial score (nSPS) is 12.1. The van der Waals surface area contributed by atoms with Crippen molar-refractivity contribution in [2.75, 3.05) is 13.2 Å². The van der Waals surface area contributed by atoms with Gasteiger partial charge in [0.2, 0.25) is 0 Å². The lowest BCUT2D eigenvalue weighted by Crippen LogP contribution is -2.23. The molecular weight excluding hydrogens is 412 g/mol. The van der Waals surface area contributed by atoms with E-state index in [-0.39, 0.29) is 12.2 Å².